The molecule has 0 radical (unpaired) electrons. The van der Waals surface area contributed by atoms with Crippen molar-refractivity contribution in [2.75, 3.05) is 13.2 Å². The number of rotatable bonds is 8. The number of hydrogen-bond donors (Lipinski definition) is 1. The van der Waals surface area contributed by atoms with Crippen LogP contribution in [0.25, 0.3) is 0 Å². The molecule has 5 heteroatoms. The van der Waals surface area contributed by atoms with Gasteiger partial charge in [-0.3, -0.25) is 0 Å². The number of nitrogens with one attached hydrogen (secondary N) is 1. The van der Waals surface area contributed by atoms with Crippen molar-refractivity contribution in [3.05, 3.63) is 82.3 Å². The van der Waals surface area contributed by atoms with Gasteiger partial charge >= 0.3 is 0 Å². The maximum absolute atomic E-state index is 5.96. The summed E-state index contributed by atoms with van der Waals surface area (Å²) in [6.45, 7) is 3.07. The van der Waals surface area contributed by atoms with Crippen LogP contribution in [0.15, 0.2) is 66.0 Å². The van der Waals surface area contributed by atoms with Crippen LogP contribution in [-0.2, 0) is 17.9 Å². The largest absolute Gasteiger partial charge is 0.486 e. The number of ether oxygens (including phenoxy) is 2. The minimum Gasteiger partial charge on any atom is -0.486 e. The van der Waals surface area contributed by atoms with Gasteiger partial charge in [0, 0.05) is 31.0 Å². The minimum absolute atomic E-state index is 0.198. The minimum atomic E-state index is 0.198. The van der Waals surface area contributed by atoms with Gasteiger partial charge in [0.1, 0.15) is 17.4 Å². The number of aromatic nitrogens is 1. The fourth-order valence-corrected chi connectivity index (χ4v) is 4.10. The molecule has 2 atom stereocenters. The molecule has 1 saturated heterocycles. The van der Waals surface area contributed by atoms with E-state index in [-0.39, 0.29) is 6.10 Å². The molecule has 3 aromatic rings. The Kier molecular flexibility index (Phi) is 6.14. The molecular weight excluding hydrogens is 356 g/mol. The van der Waals surface area contributed by atoms with Gasteiger partial charge in [-0.1, -0.05) is 48.5 Å². The lowest BCUT2D eigenvalue weighted by Crippen LogP contribution is -2.24. The van der Waals surface area contributed by atoms with Crippen LogP contribution in [0.4, 0.5) is 0 Å². The summed E-state index contributed by atoms with van der Waals surface area (Å²) in [7, 11) is 0. The summed E-state index contributed by atoms with van der Waals surface area (Å²) in [5, 5.41) is 6.66. The molecule has 2 aromatic carbocycles. The van der Waals surface area contributed by atoms with Crippen molar-refractivity contribution in [3.8, 4) is 5.75 Å². The molecule has 4 rings (SSSR count). The van der Waals surface area contributed by atoms with Crippen molar-refractivity contribution in [1.29, 1.82) is 0 Å². The third-order valence-corrected chi connectivity index (χ3v) is 5.63. The first-order valence-electron chi connectivity index (χ1n) is 9.37. The Morgan fingerprint density at radius 3 is 2.67 bits per heavy atom. The number of thiazole rings is 1. The molecule has 0 bridgehead atoms. The summed E-state index contributed by atoms with van der Waals surface area (Å²) < 4.78 is 11.7. The molecular formula is C22H24N2O2S. The second-order valence-electron chi connectivity index (χ2n) is 6.72. The Hall–Kier alpha value is -2.21. The standard InChI is InChI=1S/C22H24N2O2S/c1-3-7-17(8-4-1)22-18(11-12-25-22)13-23-14-19-16-27-21(24-19)15-26-20-9-5-2-6-10-20/h1-10,16,18,22-23H,11-15H2/t18-,22-/m1/s1. The fourth-order valence-electron chi connectivity index (χ4n) is 3.40. The van der Waals surface area contributed by atoms with E-state index in [0.717, 1.165) is 42.6 Å². The Morgan fingerprint density at radius 1 is 1.07 bits per heavy atom. The van der Waals surface area contributed by atoms with Crippen molar-refractivity contribution >= 4 is 11.3 Å². The lowest BCUT2D eigenvalue weighted by Gasteiger charge is -2.19. The summed E-state index contributed by atoms with van der Waals surface area (Å²) in [5.74, 6) is 1.38. The first kappa shape index (κ1) is 18.2. The molecule has 4 nitrogen and oxygen atoms in total. The fraction of sp³-hybridized carbons (Fsp3) is 0.318. The van der Waals surface area contributed by atoms with Crippen LogP contribution in [0, 0.1) is 5.92 Å². The summed E-state index contributed by atoms with van der Waals surface area (Å²) in [4.78, 5) is 4.67. The first-order valence-corrected chi connectivity index (χ1v) is 10.2. The molecule has 1 aliphatic heterocycles. The van der Waals surface area contributed by atoms with Gasteiger partial charge in [0.05, 0.1) is 11.8 Å². The van der Waals surface area contributed by atoms with E-state index in [9.17, 15) is 0 Å². The molecule has 0 saturated carbocycles. The molecule has 1 aromatic heterocycles. The van der Waals surface area contributed by atoms with E-state index in [1.54, 1.807) is 11.3 Å². The lowest BCUT2D eigenvalue weighted by atomic mass is 9.95. The van der Waals surface area contributed by atoms with Gasteiger partial charge in [-0.05, 0) is 24.1 Å². The number of nitrogens with zero attached hydrogens (tertiary/aromatic N) is 1. The Morgan fingerprint density at radius 2 is 1.85 bits per heavy atom. The molecule has 1 aliphatic rings. The predicted molar refractivity (Wildman–Crippen MR) is 108 cm³/mol. The lowest BCUT2D eigenvalue weighted by molar-refractivity contribution is 0.0904. The van der Waals surface area contributed by atoms with Crippen LogP contribution >= 0.6 is 11.3 Å². The zero-order valence-electron chi connectivity index (χ0n) is 15.2. The van der Waals surface area contributed by atoms with Crippen molar-refractivity contribution in [1.82, 2.24) is 10.3 Å². The number of benzene rings is 2. The van der Waals surface area contributed by atoms with Crippen LogP contribution in [0.2, 0.25) is 0 Å². The van der Waals surface area contributed by atoms with Gasteiger partial charge in [0.15, 0.2) is 0 Å². The smallest absolute Gasteiger partial charge is 0.140 e. The molecule has 0 unspecified atom stereocenters. The van der Waals surface area contributed by atoms with Crippen molar-refractivity contribution in [2.24, 2.45) is 5.92 Å². The molecule has 140 valence electrons. The third-order valence-electron chi connectivity index (χ3n) is 4.76. The molecule has 0 spiro atoms. The normalized spacial score (nSPS) is 19.3. The van der Waals surface area contributed by atoms with E-state index >= 15 is 0 Å². The van der Waals surface area contributed by atoms with Crippen molar-refractivity contribution in [3.63, 3.8) is 0 Å². The predicted octanol–water partition coefficient (Wildman–Crippen LogP) is 4.59. The van der Waals surface area contributed by atoms with Gasteiger partial charge in [0.2, 0.25) is 0 Å². The van der Waals surface area contributed by atoms with Crippen LogP contribution in [0.5, 0.6) is 5.75 Å². The molecule has 2 heterocycles. The van der Waals surface area contributed by atoms with E-state index in [1.807, 2.05) is 36.4 Å². The second kappa shape index (κ2) is 9.13. The Labute approximate surface area is 164 Å². The number of hydrogen-bond acceptors (Lipinski definition) is 5. The van der Waals surface area contributed by atoms with Crippen LogP contribution < -0.4 is 10.1 Å². The van der Waals surface area contributed by atoms with E-state index in [2.05, 4.69) is 39.9 Å². The van der Waals surface area contributed by atoms with Crippen molar-refractivity contribution < 1.29 is 9.47 Å². The highest BCUT2D eigenvalue weighted by Crippen LogP contribution is 2.33. The van der Waals surface area contributed by atoms with Gasteiger partial charge in [-0.2, -0.15) is 0 Å². The van der Waals surface area contributed by atoms with Crippen molar-refractivity contribution in [2.45, 2.75) is 25.7 Å². The highest BCUT2D eigenvalue weighted by molar-refractivity contribution is 7.09. The zero-order valence-corrected chi connectivity index (χ0v) is 16.0. The summed E-state index contributed by atoms with van der Waals surface area (Å²) in [5.41, 5.74) is 2.35. The zero-order chi connectivity index (χ0) is 18.3. The molecule has 1 N–H and O–H groups in total. The number of para-hydroxylation sites is 1. The summed E-state index contributed by atoms with van der Waals surface area (Å²) >= 11 is 1.65. The molecule has 0 amide bonds. The quantitative estimate of drug-likeness (QED) is 0.621. The summed E-state index contributed by atoms with van der Waals surface area (Å²) in [6.07, 6.45) is 1.30. The summed E-state index contributed by atoms with van der Waals surface area (Å²) in [6, 6.07) is 20.4. The highest BCUT2D eigenvalue weighted by atomic mass is 32.1. The Balaban J connectivity index is 1.24. The van der Waals surface area contributed by atoms with Gasteiger partial charge in [-0.25, -0.2) is 4.98 Å². The monoisotopic (exact) mass is 380 g/mol. The highest BCUT2D eigenvalue weighted by Gasteiger charge is 2.29. The Bertz CT molecular complexity index is 823. The van der Waals surface area contributed by atoms with Gasteiger partial charge in [0.25, 0.3) is 0 Å². The maximum Gasteiger partial charge on any atom is 0.140 e. The van der Waals surface area contributed by atoms with Gasteiger partial charge in [-0.15, -0.1) is 11.3 Å². The van der Waals surface area contributed by atoms with Crippen LogP contribution in [0.1, 0.15) is 28.8 Å². The molecule has 1 fully saturated rings. The van der Waals surface area contributed by atoms with Gasteiger partial charge < -0.3 is 14.8 Å². The van der Waals surface area contributed by atoms with E-state index in [4.69, 9.17) is 9.47 Å². The van der Waals surface area contributed by atoms with E-state index < -0.39 is 0 Å². The maximum atomic E-state index is 5.96. The first-order chi connectivity index (χ1) is 13.4. The molecule has 27 heavy (non-hydrogen) atoms. The molecule has 0 aliphatic carbocycles. The average Bonchev–Trinajstić information content (AvgIpc) is 3.37. The van der Waals surface area contributed by atoms with E-state index in [1.165, 1.54) is 5.56 Å². The van der Waals surface area contributed by atoms with Crippen LogP contribution in [0.3, 0.4) is 0 Å². The SMILES string of the molecule is c1ccc(OCc2nc(CNC[C@H]3CCO[C@@H]3c3ccccc3)cs2)cc1. The van der Waals surface area contributed by atoms with E-state index in [0.29, 0.717) is 12.5 Å². The van der Waals surface area contributed by atoms with Crippen LogP contribution in [-0.4, -0.2) is 18.1 Å². The second-order valence-corrected chi connectivity index (χ2v) is 7.66. The average molecular weight is 381 g/mol. The third kappa shape index (κ3) is 4.95. The topological polar surface area (TPSA) is 43.4 Å².